The second-order valence-corrected chi connectivity index (χ2v) is 3.85. The Morgan fingerprint density at radius 2 is 2.21 bits per heavy atom. The van der Waals surface area contributed by atoms with Gasteiger partial charge in [-0.3, -0.25) is 0 Å². The summed E-state index contributed by atoms with van der Waals surface area (Å²) in [6.45, 7) is 3.21. The first-order valence-electron chi connectivity index (χ1n) is 5.54. The standard InChI is InChI=1S/C11H21N3/c1-2-3-4-5-11(12)6-8-14-9-7-13-10-14/h7,9-11H,2-6,8,12H2,1H3/t11-/m0/s1. The number of aryl methyl sites for hydroxylation is 1. The summed E-state index contributed by atoms with van der Waals surface area (Å²) in [7, 11) is 0. The highest BCUT2D eigenvalue weighted by atomic mass is 15.0. The molecule has 0 aliphatic rings. The highest BCUT2D eigenvalue weighted by Crippen LogP contribution is 2.05. The lowest BCUT2D eigenvalue weighted by Crippen LogP contribution is -2.21. The molecule has 1 aromatic heterocycles. The Hall–Kier alpha value is -0.830. The number of nitrogens with two attached hydrogens (primary N) is 1. The first kappa shape index (κ1) is 11.2. The van der Waals surface area contributed by atoms with E-state index in [1.165, 1.54) is 19.3 Å². The normalized spacial score (nSPS) is 13.0. The van der Waals surface area contributed by atoms with Crippen LogP contribution in [0.4, 0.5) is 0 Å². The highest BCUT2D eigenvalue weighted by molar-refractivity contribution is 4.75. The number of rotatable bonds is 7. The zero-order chi connectivity index (χ0) is 10.2. The van der Waals surface area contributed by atoms with Gasteiger partial charge in [-0.1, -0.05) is 26.2 Å². The lowest BCUT2D eigenvalue weighted by atomic mass is 10.1. The monoisotopic (exact) mass is 195 g/mol. The Morgan fingerprint density at radius 1 is 1.36 bits per heavy atom. The van der Waals surface area contributed by atoms with Crippen LogP contribution in [0.15, 0.2) is 18.7 Å². The summed E-state index contributed by atoms with van der Waals surface area (Å²) in [5.41, 5.74) is 6.00. The van der Waals surface area contributed by atoms with Crippen LogP contribution in [-0.4, -0.2) is 15.6 Å². The van der Waals surface area contributed by atoms with Crippen molar-refractivity contribution >= 4 is 0 Å². The number of aromatic nitrogens is 2. The Labute approximate surface area is 86.3 Å². The molecule has 0 aliphatic heterocycles. The van der Waals surface area contributed by atoms with Crippen molar-refractivity contribution in [2.75, 3.05) is 0 Å². The van der Waals surface area contributed by atoms with Crippen molar-refractivity contribution in [3.63, 3.8) is 0 Å². The summed E-state index contributed by atoms with van der Waals surface area (Å²) < 4.78 is 2.08. The highest BCUT2D eigenvalue weighted by Gasteiger charge is 2.01. The molecule has 3 nitrogen and oxygen atoms in total. The van der Waals surface area contributed by atoms with E-state index in [9.17, 15) is 0 Å². The first-order chi connectivity index (χ1) is 6.83. The second kappa shape index (κ2) is 6.60. The molecule has 0 bridgehead atoms. The van der Waals surface area contributed by atoms with E-state index in [-0.39, 0.29) is 0 Å². The molecule has 1 atom stereocenters. The van der Waals surface area contributed by atoms with Gasteiger partial charge in [0, 0.05) is 25.0 Å². The molecule has 1 aromatic rings. The number of unbranched alkanes of at least 4 members (excludes halogenated alkanes) is 2. The molecule has 0 fully saturated rings. The summed E-state index contributed by atoms with van der Waals surface area (Å²) in [4.78, 5) is 4.00. The van der Waals surface area contributed by atoms with Gasteiger partial charge >= 0.3 is 0 Å². The third-order valence-corrected chi connectivity index (χ3v) is 2.50. The van der Waals surface area contributed by atoms with Crippen LogP contribution in [0.2, 0.25) is 0 Å². The van der Waals surface area contributed by atoms with Crippen molar-refractivity contribution in [1.82, 2.24) is 9.55 Å². The third-order valence-electron chi connectivity index (χ3n) is 2.50. The van der Waals surface area contributed by atoms with E-state index in [1.807, 2.05) is 18.7 Å². The van der Waals surface area contributed by atoms with Crippen molar-refractivity contribution in [2.24, 2.45) is 5.73 Å². The Bertz CT molecular complexity index is 218. The van der Waals surface area contributed by atoms with Crippen molar-refractivity contribution < 1.29 is 0 Å². The van der Waals surface area contributed by atoms with Crippen LogP contribution in [0.3, 0.4) is 0 Å². The minimum atomic E-state index is 0.351. The molecular formula is C11H21N3. The fourth-order valence-electron chi connectivity index (χ4n) is 1.53. The topological polar surface area (TPSA) is 43.8 Å². The van der Waals surface area contributed by atoms with E-state index in [2.05, 4.69) is 16.5 Å². The quantitative estimate of drug-likeness (QED) is 0.678. The van der Waals surface area contributed by atoms with Crippen LogP contribution >= 0.6 is 0 Å². The molecule has 0 radical (unpaired) electrons. The van der Waals surface area contributed by atoms with Gasteiger partial charge < -0.3 is 10.3 Å². The molecule has 0 amide bonds. The predicted molar refractivity (Wildman–Crippen MR) is 59.0 cm³/mol. The van der Waals surface area contributed by atoms with Gasteiger partial charge in [0.2, 0.25) is 0 Å². The lowest BCUT2D eigenvalue weighted by Gasteiger charge is -2.11. The summed E-state index contributed by atoms with van der Waals surface area (Å²) in [6.07, 6.45) is 11.7. The first-order valence-corrected chi connectivity index (χ1v) is 5.54. The maximum atomic E-state index is 6.00. The largest absolute Gasteiger partial charge is 0.337 e. The minimum absolute atomic E-state index is 0.351. The molecule has 1 heterocycles. The minimum Gasteiger partial charge on any atom is -0.337 e. The summed E-state index contributed by atoms with van der Waals surface area (Å²) in [5.74, 6) is 0. The number of hydrogen-bond donors (Lipinski definition) is 1. The summed E-state index contributed by atoms with van der Waals surface area (Å²) in [6, 6.07) is 0.351. The maximum absolute atomic E-state index is 6.00. The third kappa shape index (κ3) is 4.42. The average molecular weight is 195 g/mol. The summed E-state index contributed by atoms with van der Waals surface area (Å²) in [5, 5.41) is 0. The van der Waals surface area contributed by atoms with Gasteiger partial charge in [-0.05, 0) is 12.8 Å². The molecule has 1 rings (SSSR count). The number of nitrogens with zero attached hydrogens (tertiary/aromatic N) is 2. The van der Waals surface area contributed by atoms with Crippen molar-refractivity contribution in [3.05, 3.63) is 18.7 Å². The van der Waals surface area contributed by atoms with Crippen LogP contribution in [0.5, 0.6) is 0 Å². The molecule has 0 aliphatic carbocycles. The zero-order valence-electron chi connectivity index (χ0n) is 9.02. The second-order valence-electron chi connectivity index (χ2n) is 3.85. The Balaban J connectivity index is 2.06. The van der Waals surface area contributed by atoms with E-state index >= 15 is 0 Å². The fraction of sp³-hybridized carbons (Fsp3) is 0.727. The van der Waals surface area contributed by atoms with Gasteiger partial charge in [0.05, 0.1) is 6.33 Å². The molecule has 80 valence electrons. The van der Waals surface area contributed by atoms with Gasteiger partial charge in [0.25, 0.3) is 0 Å². The van der Waals surface area contributed by atoms with E-state index in [4.69, 9.17) is 5.73 Å². The van der Waals surface area contributed by atoms with Gasteiger partial charge in [-0.15, -0.1) is 0 Å². The molecule has 14 heavy (non-hydrogen) atoms. The zero-order valence-corrected chi connectivity index (χ0v) is 9.02. The van der Waals surface area contributed by atoms with Crippen LogP contribution < -0.4 is 5.73 Å². The van der Waals surface area contributed by atoms with E-state index in [0.717, 1.165) is 19.4 Å². The molecular weight excluding hydrogens is 174 g/mol. The molecule has 3 heteroatoms. The molecule has 2 N–H and O–H groups in total. The molecule has 0 saturated heterocycles. The van der Waals surface area contributed by atoms with Gasteiger partial charge in [0.15, 0.2) is 0 Å². The van der Waals surface area contributed by atoms with Gasteiger partial charge in [-0.2, -0.15) is 0 Å². The smallest absolute Gasteiger partial charge is 0.0945 e. The average Bonchev–Trinajstić information content (AvgIpc) is 2.68. The molecule has 0 aromatic carbocycles. The van der Waals surface area contributed by atoms with Crippen LogP contribution in [0.1, 0.15) is 39.0 Å². The fourth-order valence-corrected chi connectivity index (χ4v) is 1.53. The van der Waals surface area contributed by atoms with Crippen molar-refractivity contribution in [3.8, 4) is 0 Å². The van der Waals surface area contributed by atoms with Gasteiger partial charge in [-0.25, -0.2) is 4.98 Å². The molecule has 0 spiro atoms. The van der Waals surface area contributed by atoms with E-state index in [0.29, 0.717) is 6.04 Å². The van der Waals surface area contributed by atoms with E-state index < -0.39 is 0 Å². The van der Waals surface area contributed by atoms with Crippen molar-refractivity contribution in [1.29, 1.82) is 0 Å². The lowest BCUT2D eigenvalue weighted by molar-refractivity contribution is 0.491. The number of imidazole rings is 1. The Morgan fingerprint density at radius 3 is 2.86 bits per heavy atom. The van der Waals surface area contributed by atoms with Crippen molar-refractivity contribution in [2.45, 2.75) is 51.6 Å². The number of hydrogen-bond acceptors (Lipinski definition) is 2. The van der Waals surface area contributed by atoms with Gasteiger partial charge in [0.1, 0.15) is 0 Å². The van der Waals surface area contributed by atoms with Crippen LogP contribution in [0.25, 0.3) is 0 Å². The molecule has 0 unspecified atom stereocenters. The summed E-state index contributed by atoms with van der Waals surface area (Å²) >= 11 is 0. The predicted octanol–water partition coefficient (Wildman–Crippen LogP) is 2.18. The van der Waals surface area contributed by atoms with Crippen LogP contribution in [-0.2, 0) is 6.54 Å². The van der Waals surface area contributed by atoms with E-state index in [1.54, 1.807) is 0 Å². The van der Waals surface area contributed by atoms with Crippen LogP contribution in [0, 0.1) is 0 Å². The Kier molecular flexibility index (Phi) is 5.30. The SMILES string of the molecule is CCCCC[C@H](N)CCn1ccnc1. The maximum Gasteiger partial charge on any atom is 0.0945 e. The molecule has 0 saturated carbocycles.